The first-order valence-corrected chi connectivity index (χ1v) is 10.5. The van der Waals surface area contributed by atoms with E-state index in [1.165, 1.54) is 6.07 Å². The van der Waals surface area contributed by atoms with E-state index in [-0.39, 0.29) is 16.4 Å². The molecule has 0 saturated carbocycles. The maximum absolute atomic E-state index is 12.7. The van der Waals surface area contributed by atoms with Gasteiger partial charge in [-0.3, -0.25) is 0 Å². The van der Waals surface area contributed by atoms with E-state index in [1.807, 2.05) is 6.92 Å². The molecule has 30 heavy (non-hydrogen) atoms. The number of ether oxygens (including phenoxy) is 2. The summed E-state index contributed by atoms with van der Waals surface area (Å²) >= 11 is 6.35. The fourth-order valence-electron chi connectivity index (χ4n) is 3.53. The van der Waals surface area contributed by atoms with Crippen LogP contribution in [-0.2, 0) is 22.4 Å². The summed E-state index contributed by atoms with van der Waals surface area (Å²) in [7, 11) is 0. The van der Waals surface area contributed by atoms with Gasteiger partial charge in [-0.1, -0.05) is 24.9 Å². The zero-order valence-electron chi connectivity index (χ0n) is 17.6. The van der Waals surface area contributed by atoms with Crippen molar-refractivity contribution in [2.24, 2.45) is 0 Å². The summed E-state index contributed by atoms with van der Waals surface area (Å²) < 4.78 is 16.1. The van der Waals surface area contributed by atoms with Crippen molar-refractivity contribution in [1.29, 1.82) is 0 Å². The minimum absolute atomic E-state index is 0.0716. The molecule has 0 saturated heterocycles. The number of nitrogens with one attached hydrogen (secondary N) is 1. The number of hydrogen-bond acceptors (Lipinski definition) is 6. The lowest BCUT2D eigenvalue weighted by molar-refractivity contribution is -0.137. The van der Waals surface area contributed by atoms with E-state index in [9.17, 15) is 14.4 Å². The van der Waals surface area contributed by atoms with Gasteiger partial charge in [0.05, 0.1) is 5.02 Å². The number of esters is 1. The van der Waals surface area contributed by atoms with Crippen LogP contribution in [-0.4, -0.2) is 23.7 Å². The summed E-state index contributed by atoms with van der Waals surface area (Å²) in [4.78, 5) is 37.0. The van der Waals surface area contributed by atoms with Gasteiger partial charge in [0.25, 0.3) is 0 Å². The lowest BCUT2D eigenvalue weighted by Crippen LogP contribution is -2.45. The largest absolute Gasteiger partial charge is 0.444 e. The van der Waals surface area contributed by atoms with E-state index in [4.69, 9.17) is 25.5 Å². The Hall–Kier alpha value is -2.54. The molecule has 1 aliphatic carbocycles. The lowest BCUT2D eigenvalue weighted by Gasteiger charge is -2.22. The molecule has 8 heteroatoms. The Kier molecular flexibility index (Phi) is 6.41. The van der Waals surface area contributed by atoms with Gasteiger partial charge in [-0.15, -0.1) is 0 Å². The number of halogens is 1. The zero-order chi connectivity index (χ0) is 22.1. The number of fused-ring (bicyclic) bond motifs is 3. The molecule has 1 aromatic heterocycles. The smallest absolute Gasteiger partial charge is 0.408 e. The molecule has 1 aromatic carbocycles. The minimum Gasteiger partial charge on any atom is -0.444 e. The Morgan fingerprint density at radius 1 is 1.23 bits per heavy atom. The van der Waals surface area contributed by atoms with Crippen molar-refractivity contribution in [3.8, 4) is 5.75 Å². The second-order valence-electron chi connectivity index (χ2n) is 8.39. The third-order valence-electron chi connectivity index (χ3n) is 4.79. The Morgan fingerprint density at radius 2 is 1.93 bits per heavy atom. The first-order valence-electron chi connectivity index (χ1n) is 10.1. The molecule has 0 fully saturated rings. The molecule has 1 N–H and O–H groups in total. The fraction of sp³-hybridized carbons (Fsp3) is 0.500. The number of alkyl carbamates (subject to hydrolysis) is 1. The zero-order valence-corrected chi connectivity index (χ0v) is 18.4. The Labute approximate surface area is 179 Å². The summed E-state index contributed by atoms with van der Waals surface area (Å²) in [6, 6.07) is 2.21. The molecule has 0 bridgehead atoms. The molecule has 3 rings (SSSR count). The molecule has 0 unspecified atom stereocenters. The summed E-state index contributed by atoms with van der Waals surface area (Å²) in [5.41, 5.74) is 0.888. The monoisotopic (exact) mass is 435 g/mol. The van der Waals surface area contributed by atoms with Crippen LogP contribution >= 0.6 is 11.6 Å². The third-order valence-corrected chi connectivity index (χ3v) is 5.08. The van der Waals surface area contributed by atoms with E-state index in [1.54, 1.807) is 26.8 Å². The van der Waals surface area contributed by atoms with Gasteiger partial charge in [0.1, 0.15) is 17.2 Å². The first kappa shape index (κ1) is 22.2. The number of amides is 1. The van der Waals surface area contributed by atoms with Crippen molar-refractivity contribution >= 4 is 34.6 Å². The number of rotatable bonds is 5. The minimum atomic E-state index is -0.899. The number of aryl methyl sites for hydroxylation is 1. The molecular formula is C22H26ClNO6. The predicted octanol–water partition coefficient (Wildman–Crippen LogP) is 4.53. The number of hydrogen-bond donors (Lipinski definition) is 1. The number of carbonyl (C=O) groups excluding carboxylic acids is 2. The van der Waals surface area contributed by atoms with Crippen molar-refractivity contribution in [3.63, 3.8) is 0 Å². The molecule has 0 spiro atoms. The Balaban J connectivity index is 1.83. The van der Waals surface area contributed by atoms with Crippen molar-refractivity contribution < 1.29 is 23.5 Å². The van der Waals surface area contributed by atoms with Gasteiger partial charge in [-0.05, 0) is 58.1 Å². The fourth-order valence-corrected chi connectivity index (χ4v) is 3.73. The molecule has 162 valence electrons. The van der Waals surface area contributed by atoms with Gasteiger partial charge in [-0.2, -0.15) is 0 Å². The first-order chi connectivity index (χ1) is 14.1. The second kappa shape index (κ2) is 8.68. The standard InChI is InChI=1S/C22H26ClNO6/c1-5-7-16(24-21(27)30-22(2,3)4)20(26)29-18-11-17-14(10-15(18)23)12-8-6-9-13(12)19(25)28-17/h10-11,16H,5-9H2,1-4H3,(H,24,27)/t16-/m1/s1. The van der Waals surface area contributed by atoms with Crippen molar-refractivity contribution in [1.82, 2.24) is 5.32 Å². The summed E-state index contributed by atoms with van der Waals surface area (Å²) in [5.74, 6) is -0.602. The highest BCUT2D eigenvalue weighted by Crippen LogP contribution is 2.34. The third kappa shape index (κ3) is 4.95. The van der Waals surface area contributed by atoms with Gasteiger partial charge in [-0.25, -0.2) is 14.4 Å². The van der Waals surface area contributed by atoms with E-state index in [0.29, 0.717) is 30.4 Å². The van der Waals surface area contributed by atoms with Gasteiger partial charge in [0.2, 0.25) is 0 Å². The van der Waals surface area contributed by atoms with Crippen molar-refractivity contribution in [2.45, 2.75) is 71.4 Å². The Bertz CT molecular complexity index is 1040. The number of benzene rings is 1. The summed E-state index contributed by atoms with van der Waals surface area (Å²) in [6.45, 7) is 7.09. The highest BCUT2D eigenvalue weighted by Gasteiger charge is 2.27. The molecule has 7 nitrogen and oxygen atoms in total. The average Bonchev–Trinajstić information content (AvgIpc) is 3.12. The number of carbonyl (C=O) groups is 2. The molecule has 1 amide bonds. The van der Waals surface area contributed by atoms with Crippen LogP contribution in [0.25, 0.3) is 11.0 Å². The van der Waals surface area contributed by atoms with Crippen LogP contribution in [0.5, 0.6) is 5.75 Å². The van der Waals surface area contributed by atoms with E-state index < -0.39 is 23.7 Å². The SMILES string of the molecule is CCC[C@@H](NC(=O)OC(C)(C)C)C(=O)Oc1cc2oc(=O)c3c(c2cc1Cl)CCC3. The van der Waals surface area contributed by atoms with Crippen LogP contribution in [0.15, 0.2) is 21.3 Å². The quantitative estimate of drug-likeness (QED) is 0.421. The topological polar surface area (TPSA) is 94.8 Å². The van der Waals surface area contributed by atoms with Crippen LogP contribution in [0.3, 0.4) is 0 Å². The van der Waals surface area contributed by atoms with Crippen LogP contribution < -0.4 is 15.7 Å². The Morgan fingerprint density at radius 3 is 2.60 bits per heavy atom. The van der Waals surface area contributed by atoms with Gasteiger partial charge >= 0.3 is 17.7 Å². The highest BCUT2D eigenvalue weighted by molar-refractivity contribution is 6.33. The van der Waals surface area contributed by atoms with Crippen molar-refractivity contribution in [2.75, 3.05) is 0 Å². The summed E-state index contributed by atoms with van der Waals surface area (Å²) in [5, 5.41) is 3.52. The van der Waals surface area contributed by atoms with Crippen LogP contribution in [0.1, 0.15) is 58.1 Å². The molecule has 0 aliphatic heterocycles. The average molecular weight is 436 g/mol. The second-order valence-corrected chi connectivity index (χ2v) is 8.79. The highest BCUT2D eigenvalue weighted by atomic mass is 35.5. The predicted molar refractivity (Wildman–Crippen MR) is 113 cm³/mol. The molecular weight excluding hydrogens is 410 g/mol. The summed E-state index contributed by atoms with van der Waals surface area (Å²) in [6.07, 6.45) is 2.67. The van der Waals surface area contributed by atoms with Crippen molar-refractivity contribution in [3.05, 3.63) is 38.7 Å². The van der Waals surface area contributed by atoms with Gasteiger partial charge in [0.15, 0.2) is 5.75 Å². The maximum atomic E-state index is 12.7. The molecule has 2 aromatic rings. The van der Waals surface area contributed by atoms with E-state index in [2.05, 4.69) is 5.32 Å². The maximum Gasteiger partial charge on any atom is 0.408 e. The molecule has 1 aliphatic rings. The molecule has 1 heterocycles. The van der Waals surface area contributed by atoms with Crippen LogP contribution in [0.2, 0.25) is 5.02 Å². The van der Waals surface area contributed by atoms with E-state index in [0.717, 1.165) is 23.8 Å². The van der Waals surface area contributed by atoms with Crippen LogP contribution in [0, 0.1) is 0 Å². The normalized spacial score (nSPS) is 14.3. The lowest BCUT2D eigenvalue weighted by atomic mass is 10.1. The molecule has 0 radical (unpaired) electrons. The van der Waals surface area contributed by atoms with Crippen LogP contribution in [0.4, 0.5) is 4.79 Å². The van der Waals surface area contributed by atoms with E-state index >= 15 is 0 Å². The molecule has 1 atom stereocenters. The van der Waals surface area contributed by atoms with Gasteiger partial charge in [0, 0.05) is 17.0 Å². The van der Waals surface area contributed by atoms with Gasteiger partial charge < -0.3 is 19.2 Å².